The molecule has 35 heavy (non-hydrogen) atoms. The van der Waals surface area contributed by atoms with Crippen LogP contribution < -0.4 is 15.5 Å². The first-order valence-corrected chi connectivity index (χ1v) is 12.7. The van der Waals surface area contributed by atoms with Gasteiger partial charge in [-0.15, -0.1) is 0 Å². The van der Waals surface area contributed by atoms with Crippen LogP contribution in [0.15, 0.2) is 41.3 Å². The highest BCUT2D eigenvalue weighted by Crippen LogP contribution is 2.35. The molecule has 13 heteroatoms. The summed E-state index contributed by atoms with van der Waals surface area (Å²) in [7, 11) is -3.84. The lowest BCUT2D eigenvalue weighted by Gasteiger charge is -2.35. The van der Waals surface area contributed by atoms with E-state index >= 15 is 0 Å². The van der Waals surface area contributed by atoms with Crippen LogP contribution in [-0.2, 0) is 21.0 Å². The Morgan fingerprint density at radius 3 is 2.20 bits per heavy atom. The molecule has 2 N–H and O–H groups in total. The molecule has 2 aliphatic rings. The lowest BCUT2D eigenvalue weighted by Crippen LogP contribution is -2.49. The summed E-state index contributed by atoms with van der Waals surface area (Å²) >= 11 is 5.77. The lowest BCUT2D eigenvalue weighted by atomic mass is 9.88. The summed E-state index contributed by atoms with van der Waals surface area (Å²) in [6, 6.07) is 7.34. The fourth-order valence-electron chi connectivity index (χ4n) is 4.15. The van der Waals surface area contributed by atoms with Crippen molar-refractivity contribution >= 4 is 39.0 Å². The van der Waals surface area contributed by atoms with Crippen molar-refractivity contribution in [2.45, 2.75) is 31.0 Å². The van der Waals surface area contributed by atoms with Crippen molar-refractivity contribution in [2.75, 3.05) is 42.5 Å². The second kappa shape index (κ2) is 8.91. The zero-order valence-electron chi connectivity index (χ0n) is 19.1. The maximum Gasteiger partial charge on any atom is 0.416 e. The van der Waals surface area contributed by atoms with Crippen molar-refractivity contribution in [3.8, 4) is 0 Å². The number of amides is 1. The van der Waals surface area contributed by atoms with E-state index in [1.807, 2.05) is 0 Å². The molecule has 2 aliphatic heterocycles. The topological polar surface area (TPSA) is 99.8 Å². The van der Waals surface area contributed by atoms with Crippen molar-refractivity contribution in [3.05, 3.63) is 47.1 Å². The van der Waals surface area contributed by atoms with E-state index in [2.05, 4.69) is 4.98 Å². The Kier molecular flexibility index (Phi) is 6.54. The summed E-state index contributed by atoms with van der Waals surface area (Å²) in [4.78, 5) is 19.8. The number of nitrogens with two attached hydrogens (primary N) is 1. The van der Waals surface area contributed by atoms with E-state index in [9.17, 15) is 26.4 Å². The smallest absolute Gasteiger partial charge is 0.354 e. The second-order valence-electron chi connectivity index (χ2n) is 9.16. The molecular weight excluding hydrogens is 507 g/mol. The average Bonchev–Trinajstić information content (AvgIpc) is 3.01. The van der Waals surface area contributed by atoms with Gasteiger partial charge in [-0.1, -0.05) is 11.6 Å². The van der Waals surface area contributed by atoms with Gasteiger partial charge in [0.25, 0.3) is 0 Å². The predicted octanol–water partition coefficient (Wildman–Crippen LogP) is 2.96. The molecule has 3 heterocycles. The number of piperazine rings is 1. The van der Waals surface area contributed by atoms with Gasteiger partial charge in [-0.2, -0.15) is 17.5 Å². The predicted molar refractivity (Wildman–Crippen MR) is 126 cm³/mol. The van der Waals surface area contributed by atoms with Crippen LogP contribution in [0.4, 0.5) is 24.7 Å². The largest absolute Gasteiger partial charge is 0.416 e. The molecule has 0 spiro atoms. The highest BCUT2D eigenvalue weighted by Gasteiger charge is 2.45. The minimum atomic E-state index is -4.57. The highest BCUT2D eigenvalue weighted by molar-refractivity contribution is 7.89. The van der Waals surface area contributed by atoms with Gasteiger partial charge in [0.1, 0.15) is 11.0 Å². The Labute approximate surface area is 206 Å². The van der Waals surface area contributed by atoms with Gasteiger partial charge in [0, 0.05) is 44.5 Å². The summed E-state index contributed by atoms with van der Waals surface area (Å²) in [6.45, 7) is 4.32. The Morgan fingerprint density at radius 2 is 1.69 bits per heavy atom. The SMILES string of the molecule is CC1(C)C(=O)N(c2ccc(S(=O)(=O)N3CCN(c4cc(C(F)(F)F)cc(Cl)n4)CC3)cc2)CC1N. The van der Waals surface area contributed by atoms with Gasteiger partial charge in [0.2, 0.25) is 15.9 Å². The zero-order valence-corrected chi connectivity index (χ0v) is 20.7. The standard InChI is InChI=1S/C22H25ClF3N5O3S/c1-21(2)17(27)13-31(20(21)32)15-3-5-16(6-4-15)35(33,34)30-9-7-29(8-10-30)19-12-14(22(24,25)26)11-18(23)28-19/h3-6,11-12,17H,7-10,13,27H2,1-2H3. The van der Waals surface area contributed by atoms with E-state index in [0.717, 1.165) is 12.1 Å². The molecular formula is C22H25ClF3N5O3S. The van der Waals surface area contributed by atoms with Crippen LogP contribution >= 0.6 is 11.6 Å². The van der Waals surface area contributed by atoms with Crippen molar-refractivity contribution in [1.82, 2.24) is 9.29 Å². The molecule has 2 saturated heterocycles. The maximum atomic E-state index is 13.1. The molecule has 2 fully saturated rings. The minimum absolute atomic E-state index is 0.0441. The first kappa shape index (κ1) is 25.7. The van der Waals surface area contributed by atoms with Crippen LogP contribution in [0.2, 0.25) is 5.15 Å². The number of rotatable bonds is 4. The second-order valence-corrected chi connectivity index (χ2v) is 11.5. The number of benzene rings is 1. The minimum Gasteiger partial charge on any atom is -0.354 e. The number of anilines is 2. The third-order valence-electron chi connectivity index (χ3n) is 6.56. The number of aromatic nitrogens is 1. The van der Waals surface area contributed by atoms with Gasteiger partial charge in [0.05, 0.1) is 15.9 Å². The fourth-order valence-corrected chi connectivity index (χ4v) is 5.78. The molecule has 1 aromatic heterocycles. The Balaban J connectivity index is 1.46. The molecule has 1 aromatic carbocycles. The highest BCUT2D eigenvalue weighted by atomic mass is 35.5. The number of alkyl halides is 3. The maximum absolute atomic E-state index is 13.1. The van der Waals surface area contributed by atoms with Gasteiger partial charge in [-0.05, 0) is 50.2 Å². The molecule has 0 radical (unpaired) electrons. The average molecular weight is 532 g/mol. The molecule has 1 amide bonds. The van der Waals surface area contributed by atoms with Gasteiger partial charge in [-0.3, -0.25) is 4.79 Å². The summed E-state index contributed by atoms with van der Waals surface area (Å²) in [5.41, 5.74) is 5.03. The van der Waals surface area contributed by atoms with Crippen molar-refractivity contribution in [3.63, 3.8) is 0 Å². The number of hydrogen-bond acceptors (Lipinski definition) is 6. The van der Waals surface area contributed by atoms with Crippen LogP contribution in [0, 0.1) is 5.41 Å². The Morgan fingerprint density at radius 1 is 1.09 bits per heavy atom. The van der Waals surface area contributed by atoms with E-state index in [-0.39, 0.29) is 54.0 Å². The number of pyridine rings is 1. The molecule has 0 saturated carbocycles. The number of carbonyl (C=O) groups is 1. The summed E-state index contributed by atoms with van der Waals surface area (Å²) < 4.78 is 66.9. The van der Waals surface area contributed by atoms with Crippen LogP contribution in [0.25, 0.3) is 0 Å². The molecule has 4 rings (SSSR count). The van der Waals surface area contributed by atoms with E-state index in [1.165, 1.54) is 16.4 Å². The van der Waals surface area contributed by atoms with Gasteiger partial charge in [0.15, 0.2) is 0 Å². The first-order valence-electron chi connectivity index (χ1n) is 10.9. The van der Waals surface area contributed by atoms with Gasteiger partial charge < -0.3 is 15.5 Å². The van der Waals surface area contributed by atoms with E-state index < -0.39 is 27.2 Å². The molecule has 2 aromatic rings. The van der Waals surface area contributed by atoms with Crippen LogP contribution in [0.3, 0.4) is 0 Å². The molecule has 1 atom stereocenters. The number of carbonyl (C=O) groups excluding carboxylic acids is 1. The van der Waals surface area contributed by atoms with Crippen molar-refractivity contribution < 1.29 is 26.4 Å². The third-order valence-corrected chi connectivity index (χ3v) is 8.67. The van der Waals surface area contributed by atoms with Crippen LogP contribution in [0.5, 0.6) is 0 Å². The zero-order chi connectivity index (χ0) is 25.8. The monoisotopic (exact) mass is 531 g/mol. The Bertz CT molecular complexity index is 1230. The summed E-state index contributed by atoms with van der Waals surface area (Å²) in [5, 5.41) is -0.286. The lowest BCUT2D eigenvalue weighted by molar-refractivity contribution is -0.137. The Hall–Kier alpha value is -2.41. The molecule has 8 nitrogen and oxygen atoms in total. The van der Waals surface area contributed by atoms with Gasteiger partial charge in [-0.25, -0.2) is 13.4 Å². The quantitative estimate of drug-likeness (QED) is 0.609. The normalized spacial score (nSPS) is 21.6. The molecule has 0 aliphatic carbocycles. The molecule has 0 bridgehead atoms. The molecule has 1 unspecified atom stereocenters. The van der Waals surface area contributed by atoms with Crippen molar-refractivity contribution in [1.29, 1.82) is 0 Å². The van der Waals surface area contributed by atoms with Crippen LogP contribution in [-0.4, -0.2) is 62.4 Å². The number of hydrogen-bond donors (Lipinski definition) is 1. The molecule has 190 valence electrons. The number of nitrogens with zero attached hydrogens (tertiary/aromatic N) is 4. The first-order chi connectivity index (χ1) is 16.2. The fraction of sp³-hybridized carbons (Fsp3) is 0.455. The van der Waals surface area contributed by atoms with E-state index in [4.69, 9.17) is 17.3 Å². The summed E-state index contributed by atoms with van der Waals surface area (Å²) in [5.74, 6) is -0.0809. The van der Waals surface area contributed by atoms with Crippen LogP contribution in [0.1, 0.15) is 19.4 Å². The number of halogens is 4. The van der Waals surface area contributed by atoms with Crippen molar-refractivity contribution in [2.24, 2.45) is 11.1 Å². The van der Waals surface area contributed by atoms with E-state index in [0.29, 0.717) is 12.2 Å². The van der Waals surface area contributed by atoms with Gasteiger partial charge >= 0.3 is 6.18 Å². The summed E-state index contributed by atoms with van der Waals surface area (Å²) in [6.07, 6.45) is -4.57. The third kappa shape index (κ3) is 4.84. The van der Waals surface area contributed by atoms with E-state index in [1.54, 1.807) is 35.8 Å². The number of sulfonamides is 1.